The summed E-state index contributed by atoms with van der Waals surface area (Å²) in [5.74, 6) is 1.75. The summed E-state index contributed by atoms with van der Waals surface area (Å²) in [4.78, 5) is 10.4. The number of aromatic nitrogens is 4. The van der Waals surface area contributed by atoms with E-state index in [1.165, 1.54) is 9.88 Å². The third kappa shape index (κ3) is 4.15. The molecule has 0 atom stereocenters. The number of thiophene rings is 1. The average Bonchev–Trinajstić information content (AvgIpc) is 3.20. The molecule has 0 aromatic carbocycles. The summed E-state index contributed by atoms with van der Waals surface area (Å²) in [5, 5.41) is 13.5. The number of aryl methyl sites for hydroxylation is 1. The first kappa shape index (κ1) is 14.7. The molecule has 0 aliphatic carbocycles. The molecule has 0 amide bonds. The second-order valence-corrected chi connectivity index (χ2v) is 7.51. The Morgan fingerprint density at radius 3 is 3.05 bits per heavy atom. The fourth-order valence-electron chi connectivity index (χ4n) is 1.88. The van der Waals surface area contributed by atoms with Crippen LogP contribution in [-0.2, 0) is 18.6 Å². The van der Waals surface area contributed by atoms with Gasteiger partial charge in [0.25, 0.3) is 0 Å². The van der Waals surface area contributed by atoms with E-state index in [0.29, 0.717) is 0 Å². The fourth-order valence-corrected chi connectivity index (χ4v) is 4.31. The van der Waals surface area contributed by atoms with E-state index in [-0.39, 0.29) is 0 Å². The Hall–Kier alpha value is -1.18. The first-order valence-corrected chi connectivity index (χ1v) is 9.57. The van der Waals surface area contributed by atoms with Crippen molar-refractivity contribution in [3.8, 4) is 0 Å². The standard InChI is InChI=1S/C14H16N4S3/c1-2-4-13-15-10(8-20-13)9-21-14-16-12(17-18-14)7-11-5-3-6-19-11/h3,5-6,8H,2,4,7,9H2,1H3,(H,16,17,18). The summed E-state index contributed by atoms with van der Waals surface area (Å²) >= 11 is 5.12. The van der Waals surface area contributed by atoms with Crippen molar-refractivity contribution in [2.75, 3.05) is 0 Å². The molecule has 7 heteroatoms. The lowest BCUT2D eigenvalue weighted by molar-refractivity contribution is 0.901. The summed E-state index contributed by atoms with van der Waals surface area (Å²) in [5.41, 5.74) is 1.12. The molecule has 0 bridgehead atoms. The van der Waals surface area contributed by atoms with Gasteiger partial charge in [-0.25, -0.2) is 9.97 Å². The predicted molar refractivity (Wildman–Crippen MR) is 89.2 cm³/mol. The lowest BCUT2D eigenvalue weighted by atomic mass is 10.3. The number of thiazole rings is 1. The Morgan fingerprint density at radius 1 is 1.29 bits per heavy atom. The Balaban J connectivity index is 1.54. The van der Waals surface area contributed by atoms with Crippen LogP contribution in [0, 0.1) is 0 Å². The number of aromatic amines is 1. The van der Waals surface area contributed by atoms with Gasteiger partial charge in [0.2, 0.25) is 5.16 Å². The normalized spacial score (nSPS) is 11.1. The van der Waals surface area contributed by atoms with Crippen LogP contribution >= 0.6 is 34.4 Å². The van der Waals surface area contributed by atoms with E-state index in [2.05, 4.69) is 50.0 Å². The highest BCUT2D eigenvalue weighted by atomic mass is 32.2. The molecule has 3 heterocycles. The minimum Gasteiger partial charge on any atom is -0.262 e. The van der Waals surface area contributed by atoms with Crippen molar-refractivity contribution in [3.63, 3.8) is 0 Å². The SMILES string of the molecule is CCCc1nc(CSc2n[nH]c(Cc3cccs3)n2)cs1. The Kier molecular flexibility index (Phi) is 5.05. The summed E-state index contributed by atoms with van der Waals surface area (Å²) < 4.78 is 0. The summed E-state index contributed by atoms with van der Waals surface area (Å²) in [7, 11) is 0. The van der Waals surface area contributed by atoms with Crippen LogP contribution in [0.2, 0.25) is 0 Å². The van der Waals surface area contributed by atoms with Crippen LogP contribution in [-0.4, -0.2) is 20.2 Å². The molecular formula is C14H16N4S3. The second-order valence-electron chi connectivity index (χ2n) is 4.59. The van der Waals surface area contributed by atoms with Crippen LogP contribution in [0.25, 0.3) is 0 Å². The van der Waals surface area contributed by atoms with E-state index in [1.54, 1.807) is 34.4 Å². The molecule has 1 N–H and O–H groups in total. The Morgan fingerprint density at radius 2 is 2.24 bits per heavy atom. The van der Waals surface area contributed by atoms with Crippen LogP contribution in [0.3, 0.4) is 0 Å². The van der Waals surface area contributed by atoms with Gasteiger partial charge in [-0.1, -0.05) is 24.8 Å². The Labute approximate surface area is 136 Å². The van der Waals surface area contributed by atoms with Crippen LogP contribution < -0.4 is 0 Å². The van der Waals surface area contributed by atoms with E-state index < -0.39 is 0 Å². The molecule has 0 fully saturated rings. The predicted octanol–water partition coefficient (Wildman–Crippen LogP) is 4.16. The molecule has 0 spiro atoms. The minimum atomic E-state index is 0.798. The van der Waals surface area contributed by atoms with Gasteiger partial charge in [0, 0.05) is 22.4 Å². The second kappa shape index (κ2) is 7.20. The van der Waals surface area contributed by atoms with Crippen LogP contribution in [0.1, 0.15) is 34.7 Å². The van der Waals surface area contributed by atoms with Crippen molar-refractivity contribution in [2.24, 2.45) is 0 Å². The molecule has 110 valence electrons. The first-order chi connectivity index (χ1) is 10.3. The molecule has 3 aromatic rings. The zero-order chi connectivity index (χ0) is 14.5. The Bertz CT molecular complexity index is 672. The van der Waals surface area contributed by atoms with Gasteiger partial charge < -0.3 is 0 Å². The van der Waals surface area contributed by atoms with Crippen molar-refractivity contribution in [2.45, 2.75) is 37.1 Å². The lowest BCUT2D eigenvalue weighted by Crippen LogP contribution is -1.87. The third-order valence-corrected chi connectivity index (χ3v) is 5.56. The van der Waals surface area contributed by atoms with E-state index >= 15 is 0 Å². The highest BCUT2D eigenvalue weighted by Crippen LogP contribution is 2.22. The highest BCUT2D eigenvalue weighted by molar-refractivity contribution is 7.98. The number of rotatable bonds is 7. The number of thioether (sulfide) groups is 1. The van der Waals surface area contributed by atoms with Crippen molar-refractivity contribution >= 4 is 34.4 Å². The van der Waals surface area contributed by atoms with Crippen LogP contribution in [0.5, 0.6) is 0 Å². The van der Waals surface area contributed by atoms with Crippen LogP contribution in [0.15, 0.2) is 28.0 Å². The number of hydrogen-bond donors (Lipinski definition) is 1. The molecule has 0 unspecified atom stereocenters. The van der Waals surface area contributed by atoms with E-state index in [1.807, 2.05) is 0 Å². The van der Waals surface area contributed by atoms with Gasteiger partial charge in [-0.2, -0.15) is 0 Å². The molecule has 0 saturated heterocycles. The number of H-pyrrole nitrogens is 1. The van der Waals surface area contributed by atoms with Gasteiger partial charge in [0.15, 0.2) is 0 Å². The molecule has 0 aliphatic rings. The lowest BCUT2D eigenvalue weighted by Gasteiger charge is -1.93. The van der Waals surface area contributed by atoms with E-state index in [0.717, 1.165) is 41.7 Å². The molecule has 0 saturated carbocycles. The zero-order valence-corrected chi connectivity index (χ0v) is 14.2. The molecule has 4 nitrogen and oxygen atoms in total. The molecule has 3 rings (SSSR count). The molecule has 0 aliphatic heterocycles. The average molecular weight is 337 g/mol. The van der Waals surface area contributed by atoms with Gasteiger partial charge >= 0.3 is 0 Å². The van der Waals surface area contributed by atoms with Crippen LogP contribution in [0.4, 0.5) is 0 Å². The van der Waals surface area contributed by atoms with Gasteiger partial charge in [-0.3, -0.25) is 5.10 Å². The minimum absolute atomic E-state index is 0.798. The maximum atomic E-state index is 4.62. The monoisotopic (exact) mass is 336 g/mol. The van der Waals surface area contributed by atoms with Crippen molar-refractivity contribution in [1.82, 2.24) is 20.2 Å². The van der Waals surface area contributed by atoms with Crippen molar-refractivity contribution in [1.29, 1.82) is 0 Å². The first-order valence-electron chi connectivity index (χ1n) is 6.83. The smallest absolute Gasteiger partial charge is 0.208 e. The van der Waals surface area contributed by atoms with Gasteiger partial charge in [0.1, 0.15) is 5.82 Å². The third-order valence-electron chi connectivity index (χ3n) is 2.85. The molecule has 3 aromatic heterocycles. The summed E-state index contributed by atoms with van der Waals surface area (Å²) in [6.45, 7) is 2.18. The van der Waals surface area contributed by atoms with Crippen molar-refractivity contribution < 1.29 is 0 Å². The maximum absolute atomic E-state index is 4.62. The van der Waals surface area contributed by atoms with E-state index in [4.69, 9.17) is 0 Å². The van der Waals surface area contributed by atoms with Gasteiger partial charge in [0.05, 0.1) is 10.7 Å². The summed E-state index contributed by atoms with van der Waals surface area (Å²) in [6, 6.07) is 4.17. The van der Waals surface area contributed by atoms with Gasteiger partial charge in [-0.15, -0.1) is 27.8 Å². The fraction of sp³-hybridized carbons (Fsp3) is 0.357. The molecule has 0 radical (unpaired) electrons. The molecule has 21 heavy (non-hydrogen) atoms. The zero-order valence-electron chi connectivity index (χ0n) is 11.7. The van der Waals surface area contributed by atoms with Crippen molar-refractivity contribution in [3.05, 3.63) is 44.3 Å². The summed E-state index contributed by atoms with van der Waals surface area (Å²) in [6.07, 6.45) is 3.04. The number of nitrogens with zero attached hydrogens (tertiary/aromatic N) is 3. The maximum Gasteiger partial charge on any atom is 0.208 e. The number of hydrogen-bond acceptors (Lipinski definition) is 6. The largest absolute Gasteiger partial charge is 0.262 e. The molecular weight excluding hydrogens is 320 g/mol. The number of nitrogens with one attached hydrogen (secondary N) is 1. The van der Waals surface area contributed by atoms with Gasteiger partial charge in [-0.05, 0) is 24.3 Å². The quantitative estimate of drug-likeness (QED) is 0.658. The topological polar surface area (TPSA) is 54.5 Å². The van der Waals surface area contributed by atoms with E-state index in [9.17, 15) is 0 Å². The highest BCUT2D eigenvalue weighted by Gasteiger charge is 2.07.